The number of rotatable bonds is 3. The minimum absolute atomic E-state index is 0.551. The number of hydrogen-bond donors (Lipinski definition) is 0. The fourth-order valence-electron chi connectivity index (χ4n) is 1.05. The van der Waals surface area contributed by atoms with Gasteiger partial charge in [-0.3, -0.25) is 4.99 Å². The maximum atomic E-state index is 8.61. The second-order valence-electron chi connectivity index (χ2n) is 3.06. The third-order valence-electron chi connectivity index (χ3n) is 1.87. The van der Waals surface area contributed by atoms with Crippen molar-refractivity contribution >= 4 is 12.5 Å². The van der Waals surface area contributed by atoms with Crippen LogP contribution in [0.25, 0.3) is 0 Å². The maximum absolute atomic E-state index is 8.61. The molecule has 0 saturated heterocycles. The molecule has 1 heterocycles. The average Bonchev–Trinajstić information content (AvgIpc) is 2.29. The number of nitrogens with zero attached hydrogens (tertiary/aromatic N) is 4. The van der Waals surface area contributed by atoms with E-state index >= 15 is 0 Å². The van der Waals surface area contributed by atoms with Crippen molar-refractivity contribution in [2.45, 2.75) is 6.92 Å². The Hall–Kier alpha value is -2.15. The molecule has 0 N–H and O–H groups in total. The van der Waals surface area contributed by atoms with Gasteiger partial charge in [0, 0.05) is 19.4 Å². The van der Waals surface area contributed by atoms with Crippen LogP contribution in [-0.2, 0) is 0 Å². The normalized spacial score (nSPS) is 10.6. The van der Waals surface area contributed by atoms with Gasteiger partial charge in [-0.25, -0.2) is 4.98 Å². The summed E-state index contributed by atoms with van der Waals surface area (Å²) in [6.07, 6.45) is 3.36. The van der Waals surface area contributed by atoms with Crippen molar-refractivity contribution in [1.82, 2.24) is 4.98 Å². The first kappa shape index (κ1) is 10.9. The van der Waals surface area contributed by atoms with Crippen molar-refractivity contribution in [3.63, 3.8) is 0 Å². The molecule has 0 atom stereocenters. The van der Waals surface area contributed by atoms with E-state index in [1.165, 1.54) is 6.20 Å². The summed E-state index contributed by atoms with van der Waals surface area (Å²) in [4.78, 5) is 9.74. The van der Waals surface area contributed by atoms with Crippen LogP contribution in [0, 0.1) is 11.3 Å². The van der Waals surface area contributed by atoms with Crippen LogP contribution in [0.5, 0.6) is 0 Å². The van der Waals surface area contributed by atoms with Gasteiger partial charge in [0.2, 0.25) is 0 Å². The van der Waals surface area contributed by atoms with E-state index < -0.39 is 0 Å². The van der Waals surface area contributed by atoms with E-state index in [-0.39, 0.29) is 0 Å². The lowest BCUT2D eigenvalue weighted by molar-refractivity contribution is 1.09. The van der Waals surface area contributed by atoms with Crippen molar-refractivity contribution < 1.29 is 0 Å². The Kier molecular flexibility index (Phi) is 3.58. The minimum Gasteiger partial charge on any atom is -0.334 e. The Balaban J connectivity index is 2.88. The molecule has 4 nitrogen and oxygen atoms in total. The topological polar surface area (TPSA) is 52.3 Å². The predicted octanol–water partition coefficient (Wildman–Crippen LogP) is 1.95. The summed E-state index contributed by atoms with van der Waals surface area (Å²) in [6, 6.07) is 5.53. The molecule has 76 valence electrons. The largest absolute Gasteiger partial charge is 0.334 e. The first-order valence-electron chi connectivity index (χ1n) is 4.41. The third-order valence-corrected chi connectivity index (χ3v) is 1.87. The smallest absolute Gasteiger partial charge is 0.132 e. The second-order valence-corrected chi connectivity index (χ2v) is 3.06. The van der Waals surface area contributed by atoms with Gasteiger partial charge < -0.3 is 4.90 Å². The first-order chi connectivity index (χ1) is 7.17. The summed E-state index contributed by atoms with van der Waals surface area (Å²) in [7, 11) is 1.86. The maximum Gasteiger partial charge on any atom is 0.132 e. The van der Waals surface area contributed by atoms with Crippen LogP contribution < -0.4 is 4.90 Å². The molecule has 1 aromatic heterocycles. The highest BCUT2D eigenvalue weighted by atomic mass is 15.1. The highest BCUT2D eigenvalue weighted by Gasteiger charge is 1.99. The van der Waals surface area contributed by atoms with Gasteiger partial charge in [0.05, 0.1) is 11.3 Å². The van der Waals surface area contributed by atoms with Crippen LogP contribution in [-0.4, -0.2) is 18.7 Å². The zero-order chi connectivity index (χ0) is 11.3. The molecule has 0 amide bonds. The highest BCUT2D eigenvalue weighted by molar-refractivity contribution is 5.44. The Morgan fingerprint density at radius 2 is 2.40 bits per heavy atom. The van der Waals surface area contributed by atoms with Crippen LogP contribution in [0.2, 0.25) is 0 Å². The Morgan fingerprint density at radius 1 is 1.67 bits per heavy atom. The second kappa shape index (κ2) is 4.91. The molecule has 0 spiro atoms. The van der Waals surface area contributed by atoms with E-state index in [0.717, 1.165) is 11.5 Å². The van der Waals surface area contributed by atoms with E-state index in [2.05, 4.69) is 16.7 Å². The molecule has 0 aromatic carbocycles. The molecule has 0 saturated carbocycles. The van der Waals surface area contributed by atoms with E-state index in [0.29, 0.717) is 5.56 Å². The molecule has 0 fully saturated rings. The van der Waals surface area contributed by atoms with Crippen LogP contribution in [0.3, 0.4) is 0 Å². The number of hydrogen-bond acceptors (Lipinski definition) is 4. The van der Waals surface area contributed by atoms with Crippen molar-refractivity contribution in [2.24, 2.45) is 4.99 Å². The summed E-state index contributed by atoms with van der Waals surface area (Å²) < 4.78 is 0. The monoisotopic (exact) mass is 200 g/mol. The van der Waals surface area contributed by atoms with E-state index in [9.17, 15) is 0 Å². The number of aliphatic imine (C=N–C) groups is 1. The fourth-order valence-corrected chi connectivity index (χ4v) is 1.05. The summed E-state index contributed by atoms with van der Waals surface area (Å²) >= 11 is 0. The lowest BCUT2D eigenvalue weighted by Crippen LogP contribution is -2.10. The number of pyridine rings is 1. The summed E-state index contributed by atoms with van der Waals surface area (Å²) in [6.45, 7) is 5.28. The summed E-state index contributed by atoms with van der Waals surface area (Å²) in [5, 5.41) is 8.61. The van der Waals surface area contributed by atoms with Gasteiger partial charge in [0.1, 0.15) is 11.9 Å². The van der Waals surface area contributed by atoms with Gasteiger partial charge in [-0.1, -0.05) is 0 Å². The standard InChI is InChI=1S/C11H12N4/c1-9(13-2)8-15(3)11-5-4-10(6-12)7-14-11/h4-5,7-8H,2H2,1,3H3/b9-8-. The van der Waals surface area contributed by atoms with Crippen LogP contribution in [0.4, 0.5) is 5.82 Å². The molecule has 0 radical (unpaired) electrons. The van der Waals surface area contributed by atoms with E-state index in [1.54, 1.807) is 12.1 Å². The predicted molar refractivity (Wildman–Crippen MR) is 60.7 cm³/mol. The van der Waals surface area contributed by atoms with E-state index in [1.807, 2.05) is 31.1 Å². The number of allylic oxidation sites excluding steroid dienone is 1. The molecule has 1 rings (SSSR count). The van der Waals surface area contributed by atoms with Crippen LogP contribution in [0.15, 0.2) is 35.2 Å². The first-order valence-corrected chi connectivity index (χ1v) is 4.41. The Labute approximate surface area is 89.2 Å². The zero-order valence-electron chi connectivity index (χ0n) is 8.81. The van der Waals surface area contributed by atoms with Crippen LogP contribution in [0.1, 0.15) is 12.5 Å². The molecule has 15 heavy (non-hydrogen) atoms. The van der Waals surface area contributed by atoms with Gasteiger partial charge >= 0.3 is 0 Å². The van der Waals surface area contributed by atoms with Gasteiger partial charge in [-0.15, -0.1) is 0 Å². The molecule has 0 aliphatic rings. The van der Waals surface area contributed by atoms with Crippen molar-refractivity contribution in [2.75, 3.05) is 11.9 Å². The molecule has 0 aliphatic heterocycles. The molecule has 0 aliphatic carbocycles. The Morgan fingerprint density at radius 3 is 2.87 bits per heavy atom. The highest BCUT2D eigenvalue weighted by Crippen LogP contribution is 2.10. The Bertz CT molecular complexity index is 411. The van der Waals surface area contributed by atoms with Gasteiger partial charge in [-0.05, 0) is 25.8 Å². The number of anilines is 1. The zero-order valence-corrected chi connectivity index (χ0v) is 8.81. The summed E-state index contributed by atoms with van der Waals surface area (Å²) in [5.41, 5.74) is 1.36. The number of nitriles is 1. The van der Waals surface area contributed by atoms with Crippen LogP contribution >= 0.6 is 0 Å². The van der Waals surface area contributed by atoms with Crippen molar-refractivity contribution in [3.8, 4) is 6.07 Å². The molecule has 1 aromatic rings. The van der Waals surface area contributed by atoms with Crippen molar-refractivity contribution in [3.05, 3.63) is 35.8 Å². The molecular weight excluding hydrogens is 188 g/mol. The van der Waals surface area contributed by atoms with Gasteiger partial charge in [-0.2, -0.15) is 5.26 Å². The lowest BCUT2D eigenvalue weighted by Gasteiger charge is -2.12. The average molecular weight is 200 g/mol. The molecule has 0 unspecified atom stereocenters. The number of aromatic nitrogens is 1. The quantitative estimate of drug-likeness (QED) is 0.701. The van der Waals surface area contributed by atoms with E-state index in [4.69, 9.17) is 5.26 Å². The molecule has 0 bridgehead atoms. The van der Waals surface area contributed by atoms with Gasteiger partial charge in [0.25, 0.3) is 0 Å². The van der Waals surface area contributed by atoms with Gasteiger partial charge in [0.15, 0.2) is 0 Å². The fraction of sp³-hybridized carbons (Fsp3) is 0.182. The van der Waals surface area contributed by atoms with Crippen molar-refractivity contribution in [1.29, 1.82) is 5.26 Å². The third kappa shape index (κ3) is 2.92. The lowest BCUT2D eigenvalue weighted by atomic mass is 10.3. The minimum atomic E-state index is 0.551. The molecule has 4 heteroatoms. The summed E-state index contributed by atoms with van der Waals surface area (Å²) in [5.74, 6) is 0.761. The molecular formula is C11H12N4. The SMILES string of the molecule is C=N/C(C)=C\N(C)c1ccc(C#N)cn1.